The minimum Gasteiger partial charge on any atom is -0.381 e. The van der Waals surface area contributed by atoms with Crippen LogP contribution in [-0.2, 0) is 14.3 Å². The van der Waals surface area contributed by atoms with E-state index in [2.05, 4.69) is 25.6 Å². The van der Waals surface area contributed by atoms with Crippen molar-refractivity contribution in [3.63, 3.8) is 0 Å². The highest BCUT2D eigenvalue weighted by molar-refractivity contribution is 5.92. The minimum absolute atomic E-state index is 0.0202. The maximum Gasteiger partial charge on any atom is 0.246 e. The summed E-state index contributed by atoms with van der Waals surface area (Å²) < 4.78 is 19.1. The van der Waals surface area contributed by atoms with Crippen LogP contribution in [-0.4, -0.2) is 70.6 Å². The number of nitrogens with zero attached hydrogens (tertiary/aromatic N) is 3. The third-order valence-corrected chi connectivity index (χ3v) is 7.75. The van der Waals surface area contributed by atoms with Crippen LogP contribution in [0.3, 0.4) is 0 Å². The smallest absolute Gasteiger partial charge is 0.246 e. The van der Waals surface area contributed by atoms with Gasteiger partial charge in [-0.15, -0.1) is 0 Å². The Hall–Kier alpha value is -3.37. The van der Waals surface area contributed by atoms with Gasteiger partial charge in [-0.25, -0.2) is 14.4 Å². The van der Waals surface area contributed by atoms with Crippen LogP contribution in [0.15, 0.2) is 30.3 Å². The molecule has 10 heteroatoms. The zero-order valence-electron chi connectivity index (χ0n) is 22.1. The maximum absolute atomic E-state index is 14.0. The zero-order chi connectivity index (χ0) is 26.8. The molecule has 2 fully saturated rings. The number of hydrogen-bond donors (Lipinski definition) is 3. The number of carbonyl (C=O) groups is 2. The van der Waals surface area contributed by atoms with Gasteiger partial charge in [0.25, 0.3) is 0 Å². The highest BCUT2D eigenvalue weighted by Crippen LogP contribution is 2.36. The van der Waals surface area contributed by atoms with Gasteiger partial charge in [-0.05, 0) is 82.8 Å². The summed E-state index contributed by atoms with van der Waals surface area (Å²) in [6.45, 7) is 5.40. The van der Waals surface area contributed by atoms with Gasteiger partial charge in [0.1, 0.15) is 17.7 Å². The number of rotatable bonds is 7. The maximum atomic E-state index is 14.0. The molecule has 38 heavy (non-hydrogen) atoms. The fraction of sp³-hybridized carbons (Fsp3) is 0.500. The normalized spacial score (nSPS) is 20.0. The number of carbonyl (C=O) groups excluding carboxylic acids is 2. The molecular weight excluding hydrogens is 487 g/mol. The van der Waals surface area contributed by atoms with Crippen LogP contribution in [0.4, 0.5) is 4.39 Å². The Bertz CT molecular complexity index is 1300. The summed E-state index contributed by atoms with van der Waals surface area (Å²) in [5.41, 5.74) is 3.88. The summed E-state index contributed by atoms with van der Waals surface area (Å²) in [7, 11) is 1.73. The van der Waals surface area contributed by atoms with Crippen molar-refractivity contribution in [2.75, 3.05) is 26.8 Å². The second-order valence-electron chi connectivity index (χ2n) is 10.2. The summed E-state index contributed by atoms with van der Waals surface area (Å²) in [6.07, 6.45) is 3.12. The van der Waals surface area contributed by atoms with Crippen molar-refractivity contribution in [1.82, 2.24) is 30.5 Å². The van der Waals surface area contributed by atoms with E-state index in [1.807, 2.05) is 17.9 Å². The van der Waals surface area contributed by atoms with Gasteiger partial charge < -0.3 is 25.3 Å². The van der Waals surface area contributed by atoms with Crippen molar-refractivity contribution in [2.24, 2.45) is 5.92 Å². The van der Waals surface area contributed by atoms with Gasteiger partial charge in [-0.1, -0.05) is 0 Å². The van der Waals surface area contributed by atoms with Crippen molar-refractivity contribution in [3.05, 3.63) is 47.7 Å². The number of ether oxygens (including phenoxy) is 1. The highest BCUT2D eigenvalue weighted by Gasteiger charge is 2.40. The molecule has 0 unspecified atom stereocenters. The average molecular weight is 523 g/mol. The molecule has 4 heterocycles. The van der Waals surface area contributed by atoms with Crippen LogP contribution in [0.25, 0.3) is 22.3 Å². The molecule has 0 bridgehead atoms. The summed E-state index contributed by atoms with van der Waals surface area (Å²) in [4.78, 5) is 41.5. The Morgan fingerprint density at radius 2 is 1.89 bits per heavy atom. The second-order valence-corrected chi connectivity index (χ2v) is 10.2. The number of hydrogen-bond acceptors (Lipinski definition) is 6. The number of halogens is 1. The Morgan fingerprint density at radius 1 is 1.16 bits per heavy atom. The lowest BCUT2D eigenvalue weighted by molar-refractivity contribution is -0.140. The number of nitrogens with one attached hydrogen (secondary N) is 3. The van der Waals surface area contributed by atoms with Crippen molar-refractivity contribution in [2.45, 2.75) is 57.7 Å². The van der Waals surface area contributed by atoms with Gasteiger partial charge in [-0.2, -0.15) is 0 Å². The predicted molar refractivity (Wildman–Crippen MR) is 142 cm³/mol. The first-order valence-corrected chi connectivity index (χ1v) is 13.3. The van der Waals surface area contributed by atoms with E-state index in [0.29, 0.717) is 31.3 Å². The highest BCUT2D eigenvalue weighted by atomic mass is 19.1. The fourth-order valence-corrected chi connectivity index (χ4v) is 5.52. The first-order chi connectivity index (χ1) is 18.4. The van der Waals surface area contributed by atoms with E-state index in [0.717, 1.165) is 48.0 Å². The summed E-state index contributed by atoms with van der Waals surface area (Å²) in [6, 6.07) is 7.05. The first kappa shape index (κ1) is 26.2. The van der Waals surface area contributed by atoms with Gasteiger partial charge in [-0.3, -0.25) is 9.59 Å². The fourth-order valence-electron chi connectivity index (χ4n) is 5.52. The molecule has 1 aromatic carbocycles. The third-order valence-electron chi connectivity index (χ3n) is 7.75. The standard InChI is InChI=1S/C28H35FN6O3/c1-16(30-3)27(36)34-25(19-10-13-38-14-11-19)28(37)35-12-4-5-23(35)21-15-22-26(33-21)24(32-17(2)31-22)18-6-8-20(29)9-7-18/h6-9,15-16,19,23,25,30,33H,4-5,10-14H2,1-3H3,(H,34,36)/t16-,23-,25-/m0/s1. The number of aryl methyl sites for hydroxylation is 1. The first-order valence-electron chi connectivity index (χ1n) is 13.3. The van der Waals surface area contributed by atoms with Crippen LogP contribution in [0, 0.1) is 18.7 Å². The molecule has 3 atom stereocenters. The lowest BCUT2D eigenvalue weighted by Crippen LogP contribution is -2.56. The third kappa shape index (κ3) is 5.28. The lowest BCUT2D eigenvalue weighted by Gasteiger charge is -2.35. The average Bonchev–Trinajstić information content (AvgIpc) is 3.58. The topological polar surface area (TPSA) is 112 Å². The monoisotopic (exact) mass is 522 g/mol. The summed E-state index contributed by atoms with van der Waals surface area (Å²) >= 11 is 0. The summed E-state index contributed by atoms with van der Waals surface area (Å²) in [5.74, 6) is 0.0805. The minimum atomic E-state index is -0.607. The molecule has 0 aliphatic carbocycles. The van der Waals surface area contributed by atoms with Gasteiger partial charge in [0.2, 0.25) is 11.8 Å². The largest absolute Gasteiger partial charge is 0.381 e. The molecule has 2 amide bonds. The van der Waals surface area contributed by atoms with Crippen molar-refractivity contribution in [3.8, 4) is 11.3 Å². The molecule has 3 N–H and O–H groups in total. The number of fused-ring (bicyclic) bond motifs is 1. The number of likely N-dealkylation sites (N-methyl/N-ethyl adjacent to an activating group) is 1. The Morgan fingerprint density at radius 3 is 2.61 bits per heavy atom. The molecule has 0 spiro atoms. The number of likely N-dealkylation sites (tertiary alicyclic amines) is 1. The number of H-pyrrole nitrogens is 1. The summed E-state index contributed by atoms with van der Waals surface area (Å²) in [5, 5.41) is 6.00. The lowest BCUT2D eigenvalue weighted by atomic mass is 9.90. The number of aromatic nitrogens is 3. The molecule has 2 aliphatic heterocycles. The van der Waals surface area contributed by atoms with Gasteiger partial charge in [0.15, 0.2) is 0 Å². The van der Waals surface area contributed by atoms with Crippen LogP contribution < -0.4 is 10.6 Å². The van der Waals surface area contributed by atoms with Crippen molar-refractivity contribution >= 4 is 22.8 Å². The quantitative estimate of drug-likeness (QED) is 0.439. The van der Waals surface area contributed by atoms with E-state index in [1.165, 1.54) is 12.1 Å². The van der Waals surface area contributed by atoms with Crippen LogP contribution in [0.5, 0.6) is 0 Å². The van der Waals surface area contributed by atoms with Crippen LogP contribution in [0.2, 0.25) is 0 Å². The van der Waals surface area contributed by atoms with Gasteiger partial charge in [0, 0.05) is 31.0 Å². The Labute approximate surface area is 221 Å². The molecule has 5 rings (SSSR count). The van der Waals surface area contributed by atoms with Crippen LogP contribution >= 0.6 is 0 Å². The van der Waals surface area contributed by atoms with Crippen molar-refractivity contribution < 1.29 is 18.7 Å². The van der Waals surface area contributed by atoms with Crippen molar-refractivity contribution in [1.29, 1.82) is 0 Å². The molecule has 2 aliphatic rings. The molecule has 3 aromatic rings. The van der Waals surface area contributed by atoms with E-state index in [1.54, 1.807) is 26.1 Å². The number of aromatic amines is 1. The molecule has 0 radical (unpaired) electrons. The van der Waals surface area contributed by atoms with Crippen LogP contribution in [0.1, 0.15) is 50.2 Å². The SMILES string of the molecule is CN[C@@H](C)C(=O)N[C@H](C(=O)N1CCC[C@H]1c1cc2nc(C)nc(-c3ccc(F)cc3)c2[nH]1)C1CCOCC1. The molecule has 202 valence electrons. The second kappa shape index (κ2) is 11.2. The Kier molecular flexibility index (Phi) is 7.71. The molecule has 0 saturated carbocycles. The Balaban J connectivity index is 1.46. The van der Waals surface area contributed by atoms with Gasteiger partial charge in [0.05, 0.1) is 28.8 Å². The van der Waals surface area contributed by atoms with E-state index < -0.39 is 12.1 Å². The van der Waals surface area contributed by atoms with Gasteiger partial charge >= 0.3 is 0 Å². The van der Waals surface area contributed by atoms with E-state index >= 15 is 0 Å². The van der Waals surface area contributed by atoms with E-state index in [4.69, 9.17) is 4.74 Å². The molecular formula is C28H35FN6O3. The molecule has 2 aromatic heterocycles. The number of amides is 2. The molecule has 2 saturated heterocycles. The van der Waals surface area contributed by atoms with E-state index in [9.17, 15) is 14.0 Å². The number of benzene rings is 1. The zero-order valence-corrected chi connectivity index (χ0v) is 22.1. The molecule has 9 nitrogen and oxygen atoms in total. The van der Waals surface area contributed by atoms with E-state index in [-0.39, 0.29) is 29.6 Å². The predicted octanol–water partition coefficient (Wildman–Crippen LogP) is 3.26.